The van der Waals surface area contributed by atoms with Gasteiger partial charge in [0, 0.05) is 11.5 Å². The van der Waals surface area contributed by atoms with E-state index in [1.165, 1.54) is 6.07 Å². The lowest BCUT2D eigenvalue weighted by Gasteiger charge is -2.05. The number of ether oxygens (including phenoxy) is 1. The summed E-state index contributed by atoms with van der Waals surface area (Å²) < 4.78 is 10.4. The molecule has 2 aromatic rings. The zero-order valence-electron chi connectivity index (χ0n) is 10.4. The fraction of sp³-hybridized carbons (Fsp3) is 0.308. The first-order chi connectivity index (χ1) is 9.11. The van der Waals surface area contributed by atoms with Crippen LogP contribution in [0.3, 0.4) is 0 Å². The molecule has 0 aliphatic carbocycles. The van der Waals surface area contributed by atoms with Gasteiger partial charge in [0.05, 0.1) is 11.5 Å². The number of fused-ring (bicyclic) bond motifs is 1. The molecule has 0 N–H and O–H groups in total. The van der Waals surface area contributed by atoms with Crippen LogP contribution in [0.4, 0.5) is 5.69 Å². The van der Waals surface area contributed by atoms with Crippen LogP contribution < -0.4 is 10.4 Å². The van der Waals surface area contributed by atoms with Crippen molar-refractivity contribution >= 4 is 16.7 Å². The molecule has 0 radical (unpaired) electrons. The molecular weight excluding hydrogens is 250 g/mol. The Morgan fingerprint density at radius 3 is 2.84 bits per heavy atom. The van der Waals surface area contributed by atoms with Gasteiger partial charge in [0.25, 0.3) is 0 Å². The lowest BCUT2D eigenvalue weighted by atomic mass is 10.2. The van der Waals surface area contributed by atoms with Gasteiger partial charge in [-0.3, -0.25) is 10.1 Å². The number of nitrogens with zero attached hydrogens (tertiary/aromatic N) is 1. The summed E-state index contributed by atoms with van der Waals surface area (Å²) in [6.45, 7) is 2.64. The third-order valence-electron chi connectivity index (χ3n) is 2.65. The minimum atomic E-state index is -0.947. The molecule has 6 nitrogen and oxygen atoms in total. The van der Waals surface area contributed by atoms with Crippen molar-refractivity contribution < 1.29 is 14.1 Å². The third-order valence-corrected chi connectivity index (χ3v) is 2.65. The van der Waals surface area contributed by atoms with Crippen molar-refractivity contribution in [2.75, 3.05) is 6.61 Å². The topological polar surface area (TPSA) is 82.6 Å². The number of rotatable bonds is 5. The van der Waals surface area contributed by atoms with Gasteiger partial charge >= 0.3 is 11.3 Å². The highest BCUT2D eigenvalue weighted by atomic mass is 16.6. The Labute approximate surface area is 108 Å². The van der Waals surface area contributed by atoms with Crippen molar-refractivity contribution in [3.8, 4) is 5.75 Å². The van der Waals surface area contributed by atoms with E-state index < -0.39 is 16.2 Å². The smallest absolute Gasteiger partial charge is 0.415 e. The summed E-state index contributed by atoms with van der Waals surface area (Å²) in [5.41, 5.74) is -1.21. The normalized spacial score (nSPS) is 10.6. The Balaban J connectivity index is 2.38. The Kier molecular flexibility index (Phi) is 3.79. The van der Waals surface area contributed by atoms with Crippen LogP contribution >= 0.6 is 0 Å². The molecule has 0 fully saturated rings. The van der Waals surface area contributed by atoms with E-state index in [9.17, 15) is 14.9 Å². The largest absolute Gasteiger partial charge is 0.494 e. The second-order valence-electron chi connectivity index (χ2n) is 4.08. The summed E-state index contributed by atoms with van der Waals surface area (Å²) in [6, 6.07) is 6.07. The van der Waals surface area contributed by atoms with E-state index in [4.69, 9.17) is 9.15 Å². The first kappa shape index (κ1) is 13.1. The van der Waals surface area contributed by atoms with Gasteiger partial charge < -0.3 is 9.15 Å². The highest BCUT2D eigenvalue weighted by Crippen LogP contribution is 2.22. The highest BCUT2D eigenvalue weighted by molar-refractivity contribution is 5.79. The van der Waals surface area contributed by atoms with Crippen LogP contribution in [0.1, 0.15) is 19.8 Å². The van der Waals surface area contributed by atoms with Gasteiger partial charge in [-0.1, -0.05) is 13.3 Å². The summed E-state index contributed by atoms with van der Waals surface area (Å²) in [7, 11) is 0. The number of hydrogen-bond acceptors (Lipinski definition) is 5. The summed E-state index contributed by atoms with van der Waals surface area (Å²) in [5.74, 6) is 0.601. The van der Waals surface area contributed by atoms with E-state index in [0.717, 1.165) is 12.8 Å². The molecule has 100 valence electrons. The predicted octanol–water partition coefficient (Wildman–Crippen LogP) is 2.88. The molecule has 0 spiro atoms. The van der Waals surface area contributed by atoms with E-state index in [2.05, 4.69) is 6.92 Å². The van der Waals surface area contributed by atoms with E-state index in [1.54, 1.807) is 18.2 Å². The number of unbranched alkanes of at least 4 members (excludes halogenated alkanes) is 1. The average Bonchev–Trinajstić information content (AvgIpc) is 2.38. The van der Waals surface area contributed by atoms with Gasteiger partial charge in [-0.2, -0.15) is 0 Å². The molecule has 1 aromatic heterocycles. The molecule has 0 bridgehead atoms. The number of hydrogen-bond donors (Lipinski definition) is 0. The SMILES string of the molecule is CCCCOc1ccc2oc(=O)c([N+](=O)[O-])cc2c1. The van der Waals surface area contributed by atoms with Crippen molar-refractivity contribution in [1.82, 2.24) is 0 Å². The minimum Gasteiger partial charge on any atom is -0.494 e. The molecule has 0 aliphatic heterocycles. The van der Waals surface area contributed by atoms with Crippen molar-refractivity contribution in [3.63, 3.8) is 0 Å². The second kappa shape index (κ2) is 5.51. The van der Waals surface area contributed by atoms with Crippen molar-refractivity contribution in [1.29, 1.82) is 0 Å². The van der Waals surface area contributed by atoms with E-state index in [-0.39, 0.29) is 0 Å². The third kappa shape index (κ3) is 2.90. The molecule has 0 atom stereocenters. The van der Waals surface area contributed by atoms with E-state index in [1.807, 2.05) is 0 Å². The highest BCUT2D eigenvalue weighted by Gasteiger charge is 2.15. The van der Waals surface area contributed by atoms with Gasteiger partial charge in [0.15, 0.2) is 0 Å². The van der Waals surface area contributed by atoms with Crippen LogP contribution in [0.5, 0.6) is 5.75 Å². The second-order valence-corrected chi connectivity index (χ2v) is 4.08. The Morgan fingerprint density at radius 2 is 2.16 bits per heavy atom. The monoisotopic (exact) mass is 263 g/mol. The molecule has 0 saturated heterocycles. The first-order valence-corrected chi connectivity index (χ1v) is 5.97. The first-order valence-electron chi connectivity index (χ1n) is 5.97. The molecule has 1 aromatic carbocycles. The average molecular weight is 263 g/mol. The summed E-state index contributed by atoms with van der Waals surface area (Å²) in [4.78, 5) is 21.3. The Morgan fingerprint density at radius 1 is 1.37 bits per heavy atom. The zero-order valence-corrected chi connectivity index (χ0v) is 10.4. The van der Waals surface area contributed by atoms with Gasteiger partial charge in [-0.05, 0) is 24.6 Å². The van der Waals surface area contributed by atoms with E-state index in [0.29, 0.717) is 23.3 Å². The molecule has 0 unspecified atom stereocenters. The fourth-order valence-corrected chi connectivity index (χ4v) is 1.64. The standard InChI is InChI=1S/C13H13NO5/c1-2-3-6-18-10-4-5-12-9(7-10)8-11(14(16)17)13(15)19-12/h4-5,7-8H,2-3,6H2,1H3. The van der Waals surface area contributed by atoms with Crippen LogP contribution in [0.2, 0.25) is 0 Å². The molecular formula is C13H13NO5. The molecule has 0 amide bonds. The maximum atomic E-state index is 11.3. The van der Waals surface area contributed by atoms with Gasteiger partial charge in [0.2, 0.25) is 0 Å². The van der Waals surface area contributed by atoms with Crippen molar-refractivity contribution in [2.45, 2.75) is 19.8 Å². The summed E-state index contributed by atoms with van der Waals surface area (Å²) >= 11 is 0. The van der Waals surface area contributed by atoms with Gasteiger partial charge in [0.1, 0.15) is 11.3 Å². The maximum absolute atomic E-state index is 11.3. The van der Waals surface area contributed by atoms with Gasteiger partial charge in [-0.15, -0.1) is 0 Å². The van der Waals surface area contributed by atoms with Crippen LogP contribution in [0, 0.1) is 10.1 Å². The van der Waals surface area contributed by atoms with Gasteiger partial charge in [-0.25, -0.2) is 4.79 Å². The Hall–Kier alpha value is -2.37. The molecule has 0 aliphatic rings. The lowest BCUT2D eigenvalue weighted by molar-refractivity contribution is -0.387. The molecule has 2 rings (SSSR count). The maximum Gasteiger partial charge on any atom is 0.415 e. The Bertz CT molecular complexity index is 662. The van der Waals surface area contributed by atoms with E-state index >= 15 is 0 Å². The lowest BCUT2D eigenvalue weighted by Crippen LogP contribution is -2.06. The minimum absolute atomic E-state index is 0.304. The van der Waals surface area contributed by atoms with Crippen LogP contribution in [-0.2, 0) is 0 Å². The molecule has 6 heteroatoms. The molecule has 0 saturated carbocycles. The van der Waals surface area contributed by atoms with Crippen molar-refractivity contribution in [2.24, 2.45) is 0 Å². The fourth-order valence-electron chi connectivity index (χ4n) is 1.64. The van der Waals surface area contributed by atoms with Crippen LogP contribution in [-0.4, -0.2) is 11.5 Å². The predicted molar refractivity (Wildman–Crippen MR) is 69.5 cm³/mol. The van der Waals surface area contributed by atoms with Crippen LogP contribution in [0.15, 0.2) is 33.5 Å². The zero-order chi connectivity index (χ0) is 13.8. The summed E-state index contributed by atoms with van der Waals surface area (Å²) in [5, 5.41) is 11.1. The number of benzene rings is 1. The quantitative estimate of drug-likeness (QED) is 0.358. The van der Waals surface area contributed by atoms with Crippen molar-refractivity contribution in [3.05, 3.63) is 44.8 Å². The summed E-state index contributed by atoms with van der Waals surface area (Å²) in [6.07, 6.45) is 1.95. The molecule has 19 heavy (non-hydrogen) atoms. The van der Waals surface area contributed by atoms with Crippen LogP contribution in [0.25, 0.3) is 11.0 Å². The molecule has 1 heterocycles. The number of nitro groups is 1.